The van der Waals surface area contributed by atoms with Crippen molar-refractivity contribution in [2.45, 2.75) is 63.5 Å². The van der Waals surface area contributed by atoms with Crippen molar-refractivity contribution in [1.29, 1.82) is 0 Å². The summed E-state index contributed by atoms with van der Waals surface area (Å²) in [6, 6.07) is 7.07. The van der Waals surface area contributed by atoms with E-state index in [-0.39, 0.29) is 41.3 Å². The summed E-state index contributed by atoms with van der Waals surface area (Å²) in [6.45, 7) is 1.99. The lowest BCUT2D eigenvalue weighted by Crippen LogP contribution is -2.63. The molecular weight excluding hydrogens is 342 g/mol. The standard InChI is InChI=1S/C22H25NO4/c1-2-5-18(24)27-22-10-13-8-14(11-22)19(15(9-13)12-22)23-20(25)16-6-3-4-7-17(16)21(23)26/h3-4,6-7,13-15,19H,2,5,8-12H2,1H3. The molecular formula is C22H25NO4. The molecule has 1 aromatic carbocycles. The molecule has 1 aliphatic heterocycles. The Kier molecular flexibility index (Phi) is 3.72. The van der Waals surface area contributed by atoms with Gasteiger partial charge >= 0.3 is 5.97 Å². The Labute approximate surface area is 159 Å². The van der Waals surface area contributed by atoms with Gasteiger partial charge < -0.3 is 4.74 Å². The molecule has 5 aliphatic rings. The van der Waals surface area contributed by atoms with Gasteiger partial charge in [-0.15, -0.1) is 0 Å². The maximum Gasteiger partial charge on any atom is 0.306 e. The fourth-order valence-electron chi connectivity index (χ4n) is 6.44. The maximum atomic E-state index is 13.0. The smallest absolute Gasteiger partial charge is 0.306 e. The third-order valence-electron chi connectivity index (χ3n) is 7.08. The molecule has 1 aromatic rings. The molecule has 0 aromatic heterocycles. The van der Waals surface area contributed by atoms with Crippen LogP contribution < -0.4 is 0 Å². The Bertz CT molecular complexity index is 780. The lowest BCUT2D eigenvalue weighted by atomic mass is 9.52. The summed E-state index contributed by atoms with van der Waals surface area (Å²) >= 11 is 0. The van der Waals surface area contributed by atoms with Crippen LogP contribution in [-0.4, -0.2) is 34.3 Å². The summed E-state index contributed by atoms with van der Waals surface area (Å²) in [7, 11) is 0. The molecule has 27 heavy (non-hydrogen) atoms. The minimum atomic E-state index is -0.363. The van der Waals surface area contributed by atoms with Crippen molar-refractivity contribution >= 4 is 17.8 Å². The lowest BCUT2D eigenvalue weighted by Gasteiger charge is -2.60. The first-order valence-corrected chi connectivity index (χ1v) is 10.2. The molecule has 4 bridgehead atoms. The molecule has 2 amide bonds. The van der Waals surface area contributed by atoms with Crippen LogP contribution in [0.1, 0.15) is 72.6 Å². The normalized spacial score (nSPS) is 36.3. The molecule has 2 atom stereocenters. The van der Waals surface area contributed by atoms with Crippen LogP contribution in [0.2, 0.25) is 0 Å². The molecule has 0 N–H and O–H groups in total. The van der Waals surface area contributed by atoms with Crippen molar-refractivity contribution in [3.8, 4) is 0 Å². The second-order valence-corrected chi connectivity index (χ2v) is 8.89. The van der Waals surface area contributed by atoms with E-state index in [4.69, 9.17) is 4.74 Å². The summed E-state index contributed by atoms with van der Waals surface area (Å²) in [4.78, 5) is 39.7. The monoisotopic (exact) mass is 367 g/mol. The first-order valence-electron chi connectivity index (χ1n) is 10.2. The SMILES string of the molecule is CCCC(=O)OC12CC3CC(C1)C(N1C(=O)c4ccccc4C1=O)C(C3)C2. The predicted octanol–water partition coefficient (Wildman–Crippen LogP) is 3.57. The van der Waals surface area contributed by atoms with Gasteiger partial charge in [-0.1, -0.05) is 19.1 Å². The van der Waals surface area contributed by atoms with Crippen LogP contribution in [0, 0.1) is 17.8 Å². The number of esters is 1. The van der Waals surface area contributed by atoms with Crippen molar-refractivity contribution in [3.05, 3.63) is 35.4 Å². The van der Waals surface area contributed by atoms with Gasteiger partial charge in [-0.2, -0.15) is 0 Å². The zero-order valence-electron chi connectivity index (χ0n) is 15.6. The number of imide groups is 1. The third kappa shape index (κ3) is 2.47. The molecule has 0 saturated heterocycles. The number of nitrogens with zero attached hydrogens (tertiary/aromatic N) is 1. The van der Waals surface area contributed by atoms with E-state index in [0.717, 1.165) is 38.5 Å². The zero-order chi connectivity index (χ0) is 18.8. The molecule has 0 spiro atoms. The molecule has 0 radical (unpaired) electrons. The Morgan fingerprint density at radius 3 is 2.22 bits per heavy atom. The fourth-order valence-corrected chi connectivity index (χ4v) is 6.44. The average molecular weight is 367 g/mol. The summed E-state index contributed by atoms with van der Waals surface area (Å²) in [6.07, 6.45) is 5.83. The van der Waals surface area contributed by atoms with E-state index < -0.39 is 0 Å². The number of carbonyl (C=O) groups is 3. The number of rotatable bonds is 4. The van der Waals surface area contributed by atoms with Crippen LogP contribution in [0.5, 0.6) is 0 Å². The number of hydrogen-bond acceptors (Lipinski definition) is 4. The van der Waals surface area contributed by atoms with Crippen molar-refractivity contribution in [1.82, 2.24) is 4.90 Å². The van der Waals surface area contributed by atoms with Gasteiger partial charge in [0.25, 0.3) is 11.8 Å². The molecule has 6 rings (SSSR count). The van der Waals surface area contributed by atoms with E-state index in [1.54, 1.807) is 17.0 Å². The number of fused-ring (bicyclic) bond motifs is 1. The van der Waals surface area contributed by atoms with Crippen molar-refractivity contribution in [3.63, 3.8) is 0 Å². The van der Waals surface area contributed by atoms with Gasteiger partial charge in [-0.25, -0.2) is 0 Å². The first kappa shape index (κ1) is 17.0. The maximum absolute atomic E-state index is 13.0. The van der Waals surface area contributed by atoms with E-state index in [0.29, 0.717) is 23.5 Å². The number of carbonyl (C=O) groups excluding carboxylic acids is 3. The zero-order valence-corrected chi connectivity index (χ0v) is 15.6. The Morgan fingerprint density at radius 1 is 1.07 bits per heavy atom. The molecule has 5 nitrogen and oxygen atoms in total. The van der Waals surface area contributed by atoms with Crippen LogP contribution >= 0.6 is 0 Å². The highest BCUT2D eigenvalue weighted by Gasteiger charge is 2.60. The highest BCUT2D eigenvalue weighted by Crippen LogP contribution is 2.59. The van der Waals surface area contributed by atoms with Crippen LogP contribution in [0.3, 0.4) is 0 Å². The van der Waals surface area contributed by atoms with Crippen molar-refractivity contribution in [2.24, 2.45) is 17.8 Å². The largest absolute Gasteiger partial charge is 0.459 e. The minimum absolute atomic E-state index is 0.0491. The lowest BCUT2D eigenvalue weighted by molar-refractivity contribution is -0.194. The van der Waals surface area contributed by atoms with Gasteiger partial charge in [0.1, 0.15) is 5.60 Å². The molecule has 1 heterocycles. The minimum Gasteiger partial charge on any atom is -0.459 e. The summed E-state index contributed by atoms with van der Waals surface area (Å²) < 4.78 is 5.99. The number of amides is 2. The number of ether oxygens (including phenoxy) is 1. The molecule has 4 saturated carbocycles. The van der Waals surface area contributed by atoms with Crippen LogP contribution in [-0.2, 0) is 9.53 Å². The second kappa shape index (κ2) is 5.91. The topological polar surface area (TPSA) is 63.7 Å². The summed E-state index contributed by atoms with van der Waals surface area (Å²) in [5.74, 6) is 0.635. The van der Waals surface area contributed by atoms with Gasteiger partial charge in [0.05, 0.1) is 11.1 Å². The van der Waals surface area contributed by atoms with Gasteiger partial charge in [-0.05, 0) is 68.4 Å². The highest BCUT2D eigenvalue weighted by molar-refractivity contribution is 6.21. The molecule has 2 unspecified atom stereocenters. The van der Waals surface area contributed by atoms with Crippen LogP contribution in [0.4, 0.5) is 0 Å². The predicted molar refractivity (Wildman–Crippen MR) is 98.0 cm³/mol. The van der Waals surface area contributed by atoms with E-state index in [1.807, 2.05) is 19.1 Å². The van der Waals surface area contributed by atoms with Crippen molar-refractivity contribution in [2.75, 3.05) is 0 Å². The first-order chi connectivity index (χ1) is 13.0. The number of hydrogen-bond donors (Lipinski definition) is 0. The Balaban J connectivity index is 1.43. The average Bonchev–Trinajstić information content (AvgIpc) is 2.86. The van der Waals surface area contributed by atoms with Crippen LogP contribution in [0.15, 0.2) is 24.3 Å². The van der Waals surface area contributed by atoms with Gasteiger partial charge in [-0.3, -0.25) is 19.3 Å². The highest BCUT2D eigenvalue weighted by atomic mass is 16.6. The molecule has 4 fully saturated rings. The second-order valence-electron chi connectivity index (χ2n) is 8.89. The molecule has 5 heteroatoms. The van der Waals surface area contributed by atoms with Crippen molar-refractivity contribution < 1.29 is 19.1 Å². The summed E-state index contributed by atoms with van der Waals surface area (Å²) in [5.41, 5.74) is 0.693. The quantitative estimate of drug-likeness (QED) is 0.603. The Hall–Kier alpha value is -2.17. The van der Waals surface area contributed by atoms with E-state index in [1.165, 1.54) is 0 Å². The van der Waals surface area contributed by atoms with E-state index in [2.05, 4.69) is 0 Å². The van der Waals surface area contributed by atoms with Crippen LogP contribution in [0.25, 0.3) is 0 Å². The summed E-state index contributed by atoms with van der Waals surface area (Å²) in [5, 5.41) is 0. The third-order valence-corrected chi connectivity index (χ3v) is 7.08. The Morgan fingerprint density at radius 2 is 1.67 bits per heavy atom. The van der Waals surface area contributed by atoms with Gasteiger partial charge in [0.2, 0.25) is 0 Å². The number of benzene rings is 1. The van der Waals surface area contributed by atoms with Gasteiger partial charge in [0.15, 0.2) is 0 Å². The fraction of sp³-hybridized carbons (Fsp3) is 0.591. The van der Waals surface area contributed by atoms with E-state index in [9.17, 15) is 14.4 Å². The molecule has 142 valence electrons. The van der Waals surface area contributed by atoms with E-state index >= 15 is 0 Å². The molecule has 4 aliphatic carbocycles. The van der Waals surface area contributed by atoms with Gasteiger partial charge in [0, 0.05) is 12.5 Å².